The highest BCUT2D eigenvalue weighted by Gasteiger charge is 2.38. The summed E-state index contributed by atoms with van der Waals surface area (Å²) in [5.74, 6) is 1.42. The topological polar surface area (TPSA) is 143 Å². The first-order valence-electron chi connectivity index (χ1n) is 18.4. The van der Waals surface area contributed by atoms with Crippen LogP contribution in [0, 0.1) is 0 Å². The van der Waals surface area contributed by atoms with Crippen LogP contribution >= 0.6 is 0 Å². The summed E-state index contributed by atoms with van der Waals surface area (Å²) in [6, 6.07) is 20.5. The molecule has 0 radical (unpaired) electrons. The molecular formula is C41H46N10O4. The third-order valence-corrected chi connectivity index (χ3v) is 9.23. The monoisotopic (exact) mass is 742 g/mol. The minimum atomic E-state index is -0.628. The second-order valence-electron chi connectivity index (χ2n) is 15.3. The van der Waals surface area contributed by atoms with Crippen molar-refractivity contribution in [2.45, 2.75) is 64.1 Å². The minimum absolute atomic E-state index is 0.0327. The number of nitrogens with zero attached hydrogens (tertiary/aromatic N) is 9. The summed E-state index contributed by atoms with van der Waals surface area (Å²) >= 11 is 0. The largest absolute Gasteiger partial charge is 0.443 e. The number of benzene rings is 2. The van der Waals surface area contributed by atoms with Crippen molar-refractivity contribution < 1.29 is 19.1 Å². The highest BCUT2D eigenvalue weighted by molar-refractivity contribution is 5.91. The standard InChI is InChI=1S/C23H27N5O3.C18H19N5O/c1-23(2,3)31-22(30)27(17-9-10-17)20-12-19(15-7-6-8-18(11-15)26(4)5)25-21-16(14-29)13-24-28(20)21;1-22(2)15-5-3-4-12(8-15)16-9-17(20-14-6-7-14)23-18(21-16)13(11-24)10-19-23/h6-8,11-14,17H,9-10H2,1-5H3;3-5,8-11,14,20H,6-7H2,1-2H3. The number of amides is 1. The van der Waals surface area contributed by atoms with Gasteiger partial charge in [-0.3, -0.25) is 14.5 Å². The molecule has 14 nitrogen and oxygen atoms in total. The van der Waals surface area contributed by atoms with E-state index in [1.807, 2.05) is 102 Å². The number of fused-ring (bicyclic) bond motifs is 2. The van der Waals surface area contributed by atoms with Gasteiger partial charge < -0.3 is 19.9 Å². The first-order valence-corrected chi connectivity index (χ1v) is 18.4. The number of aldehydes is 2. The van der Waals surface area contributed by atoms with Crippen LogP contribution in [0.2, 0.25) is 0 Å². The second kappa shape index (κ2) is 14.8. The summed E-state index contributed by atoms with van der Waals surface area (Å²) in [5.41, 5.74) is 6.75. The average Bonchev–Trinajstić information content (AvgIpc) is 4.09. The maximum Gasteiger partial charge on any atom is 0.416 e. The molecule has 55 heavy (non-hydrogen) atoms. The lowest BCUT2D eigenvalue weighted by atomic mass is 10.1. The van der Waals surface area contributed by atoms with Gasteiger partial charge in [-0.2, -0.15) is 19.2 Å². The van der Waals surface area contributed by atoms with E-state index in [1.54, 1.807) is 20.1 Å². The van der Waals surface area contributed by atoms with Crippen molar-refractivity contribution in [3.05, 3.63) is 84.2 Å². The van der Waals surface area contributed by atoms with E-state index in [1.165, 1.54) is 6.20 Å². The number of aromatic nitrogens is 6. The Morgan fingerprint density at radius 3 is 1.78 bits per heavy atom. The van der Waals surface area contributed by atoms with Crippen LogP contribution < -0.4 is 20.0 Å². The fraction of sp³-hybridized carbons (Fsp3) is 0.341. The minimum Gasteiger partial charge on any atom is -0.443 e. The van der Waals surface area contributed by atoms with E-state index < -0.39 is 11.7 Å². The Morgan fingerprint density at radius 1 is 0.764 bits per heavy atom. The van der Waals surface area contributed by atoms with Gasteiger partial charge in [0.05, 0.1) is 34.9 Å². The molecule has 0 atom stereocenters. The lowest BCUT2D eigenvalue weighted by Gasteiger charge is -2.27. The zero-order chi connectivity index (χ0) is 39.0. The molecule has 1 N–H and O–H groups in total. The molecule has 2 saturated carbocycles. The lowest BCUT2D eigenvalue weighted by Crippen LogP contribution is -2.39. The number of nitrogens with one attached hydrogen (secondary N) is 1. The second-order valence-corrected chi connectivity index (χ2v) is 15.3. The highest BCUT2D eigenvalue weighted by atomic mass is 16.6. The lowest BCUT2D eigenvalue weighted by molar-refractivity contribution is 0.0575. The smallest absolute Gasteiger partial charge is 0.416 e. The molecule has 2 fully saturated rings. The van der Waals surface area contributed by atoms with E-state index in [2.05, 4.69) is 37.5 Å². The summed E-state index contributed by atoms with van der Waals surface area (Å²) < 4.78 is 8.94. The first-order chi connectivity index (χ1) is 26.3. The molecule has 284 valence electrons. The number of carbonyl (C=O) groups excluding carboxylic acids is 3. The summed E-state index contributed by atoms with van der Waals surface area (Å²) in [6.07, 6.45) is 8.23. The Labute approximate surface area is 319 Å². The van der Waals surface area contributed by atoms with Crippen LogP contribution in [0.5, 0.6) is 0 Å². The molecule has 14 heteroatoms. The predicted molar refractivity (Wildman–Crippen MR) is 215 cm³/mol. The van der Waals surface area contributed by atoms with Crippen LogP contribution in [0.4, 0.5) is 27.8 Å². The number of hydrogen-bond donors (Lipinski definition) is 1. The number of rotatable bonds is 10. The third kappa shape index (κ3) is 8.13. The van der Waals surface area contributed by atoms with Gasteiger partial charge >= 0.3 is 6.09 Å². The van der Waals surface area contributed by atoms with Gasteiger partial charge in [0.15, 0.2) is 23.9 Å². The Hall–Kier alpha value is -6.31. The SMILES string of the molecule is CN(C)c1cccc(-c2cc(N(C(=O)OC(C)(C)C)C3CC3)n3ncc(C=O)c3n2)c1.CN(C)c1cccc(-c2cc(NC3CC3)n3ncc(C=O)c3n2)c1. The fourth-order valence-corrected chi connectivity index (χ4v) is 6.08. The van der Waals surface area contributed by atoms with E-state index in [9.17, 15) is 14.4 Å². The van der Waals surface area contributed by atoms with Gasteiger partial charge in [0.25, 0.3) is 0 Å². The van der Waals surface area contributed by atoms with E-state index in [-0.39, 0.29) is 6.04 Å². The molecule has 0 spiro atoms. The van der Waals surface area contributed by atoms with E-state index in [4.69, 9.17) is 9.72 Å². The van der Waals surface area contributed by atoms with Gasteiger partial charge in [-0.1, -0.05) is 24.3 Å². The third-order valence-electron chi connectivity index (χ3n) is 9.23. The van der Waals surface area contributed by atoms with E-state index >= 15 is 0 Å². The molecule has 2 aliphatic rings. The van der Waals surface area contributed by atoms with Crippen molar-refractivity contribution >= 4 is 53.0 Å². The Balaban J connectivity index is 0.000000174. The molecule has 0 saturated heterocycles. The number of carbonyl (C=O) groups is 3. The predicted octanol–water partition coefficient (Wildman–Crippen LogP) is 7.03. The van der Waals surface area contributed by atoms with Crippen LogP contribution in [0.1, 0.15) is 67.2 Å². The molecule has 4 aromatic heterocycles. The van der Waals surface area contributed by atoms with Crippen LogP contribution in [-0.2, 0) is 4.74 Å². The van der Waals surface area contributed by atoms with Crippen molar-refractivity contribution in [1.82, 2.24) is 29.2 Å². The molecule has 8 rings (SSSR count). The maximum atomic E-state index is 13.1. The van der Waals surface area contributed by atoms with E-state index in [0.29, 0.717) is 40.0 Å². The van der Waals surface area contributed by atoms with E-state index in [0.717, 1.165) is 72.3 Å². The van der Waals surface area contributed by atoms with Crippen LogP contribution in [0.3, 0.4) is 0 Å². The first kappa shape index (κ1) is 37.0. The Bertz CT molecular complexity index is 2380. The quantitative estimate of drug-likeness (QED) is 0.145. The van der Waals surface area contributed by atoms with Crippen molar-refractivity contribution in [3.8, 4) is 22.5 Å². The van der Waals surface area contributed by atoms with Gasteiger partial charge in [-0.05, 0) is 70.7 Å². The number of ether oxygens (including phenoxy) is 1. The molecule has 0 unspecified atom stereocenters. The highest BCUT2D eigenvalue weighted by Crippen LogP contribution is 2.36. The summed E-state index contributed by atoms with van der Waals surface area (Å²) in [4.78, 5) is 51.1. The van der Waals surface area contributed by atoms with Crippen molar-refractivity contribution in [2.24, 2.45) is 0 Å². The number of anilines is 4. The van der Waals surface area contributed by atoms with Gasteiger partial charge in [0, 0.05) is 74.9 Å². The van der Waals surface area contributed by atoms with Gasteiger partial charge in [-0.25, -0.2) is 14.8 Å². The molecule has 4 heterocycles. The Kier molecular flexibility index (Phi) is 9.99. The van der Waals surface area contributed by atoms with Crippen molar-refractivity contribution in [1.29, 1.82) is 0 Å². The van der Waals surface area contributed by atoms with Gasteiger partial charge in [0.2, 0.25) is 0 Å². The molecule has 0 aliphatic heterocycles. The normalized spacial score (nSPS) is 13.9. The van der Waals surface area contributed by atoms with Gasteiger partial charge in [0.1, 0.15) is 17.2 Å². The number of hydrogen-bond acceptors (Lipinski definition) is 11. The maximum absolute atomic E-state index is 13.1. The van der Waals surface area contributed by atoms with Crippen molar-refractivity contribution in [3.63, 3.8) is 0 Å². The molecule has 2 aliphatic carbocycles. The average molecular weight is 743 g/mol. The summed E-state index contributed by atoms with van der Waals surface area (Å²) in [6.45, 7) is 5.53. The zero-order valence-electron chi connectivity index (χ0n) is 32.2. The summed E-state index contributed by atoms with van der Waals surface area (Å²) in [5, 5.41) is 12.1. The Morgan fingerprint density at radius 2 is 1.29 bits per heavy atom. The molecular weight excluding hydrogens is 697 g/mol. The zero-order valence-corrected chi connectivity index (χ0v) is 32.2. The summed E-state index contributed by atoms with van der Waals surface area (Å²) in [7, 11) is 7.97. The fourth-order valence-electron chi connectivity index (χ4n) is 6.08. The molecule has 1 amide bonds. The van der Waals surface area contributed by atoms with Gasteiger partial charge in [-0.15, -0.1) is 0 Å². The molecule has 0 bridgehead atoms. The van der Waals surface area contributed by atoms with Crippen LogP contribution in [0.15, 0.2) is 73.1 Å². The van der Waals surface area contributed by atoms with Crippen LogP contribution in [-0.4, -0.2) is 93.7 Å². The van der Waals surface area contributed by atoms with Crippen molar-refractivity contribution in [2.75, 3.05) is 48.2 Å². The molecule has 6 aromatic rings. The molecule has 2 aromatic carbocycles. The van der Waals surface area contributed by atoms with Crippen LogP contribution in [0.25, 0.3) is 33.8 Å².